The van der Waals surface area contributed by atoms with Gasteiger partial charge in [0.2, 0.25) is 0 Å². The molecule has 1 fully saturated rings. The summed E-state index contributed by atoms with van der Waals surface area (Å²) in [7, 11) is 0. The first-order chi connectivity index (χ1) is 25.0. The van der Waals surface area contributed by atoms with Gasteiger partial charge in [0.15, 0.2) is 0 Å². The summed E-state index contributed by atoms with van der Waals surface area (Å²) in [6, 6.07) is 0. The van der Waals surface area contributed by atoms with E-state index in [1.807, 2.05) is 12.2 Å². The standard InChI is InChI=1S/C43H77NO7/c1-3-5-7-9-11-19-25-34-49-41(46)30-23-17-13-15-21-28-40(51-43(48)32-27-33-44-36-39(37-44)38-45)29-22-16-14-18-24-31-42(47)50-35-26-20-12-10-8-6-4-2/h19-20,25-26,39-40,45H,3-18,21-24,27-38H2,1-2H3/b25-19-,26-20-. The number of likely N-dealkylation sites (tertiary alicyclic amines) is 1. The van der Waals surface area contributed by atoms with Gasteiger partial charge in [-0.1, -0.05) is 115 Å². The smallest absolute Gasteiger partial charge is 0.306 e. The zero-order valence-electron chi connectivity index (χ0n) is 32.9. The molecule has 1 rings (SSSR count). The fourth-order valence-corrected chi connectivity index (χ4v) is 6.45. The molecule has 1 aliphatic heterocycles. The summed E-state index contributed by atoms with van der Waals surface area (Å²) in [6.07, 6.45) is 34.1. The Morgan fingerprint density at radius 3 is 1.53 bits per heavy atom. The number of carbonyl (C=O) groups is 3. The van der Waals surface area contributed by atoms with Crippen LogP contribution in [0.2, 0.25) is 0 Å². The van der Waals surface area contributed by atoms with Crippen LogP contribution in [0.1, 0.15) is 181 Å². The Morgan fingerprint density at radius 2 is 1.04 bits per heavy atom. The lowest BCUT2D eigenvalue weighted by molar-refractivity contribution is -0.150. The zero-order valence-corrected chi connectivity index (χ0v) is 32.9. The van der Waals surface area contributed by atoms with Crippen LogP contribution in [0, 0.1) is 5.92 Å². The fraction of sp³-hybridized carbons (Fsp3) is 0.837. The van der Waals surface area contributed by atoms with Crippen LogP contribution in [0.15, 0.2) is 24.3 Å². The summed E-state index contributed by atoms with van der Waals surface area (Å²) < 4.78 is 16.6. The van der Waals surface area contributed by atoms with Gasteiger partial charge in [-0.3, -0.25) is 14.4 Å². The highest BCUT2D eigenvalue weighted by molar-refractivity contribution is 5.70. The van der Waals surface area contributed by atoms with Gasteiger partial charge in [-0.05, 0) is 77.2 Å². The van der Waals surface area contributed by atoms with E-state index in [1.165, 1.54) is 51.4 Å². The topological polar surface area (TPSA) is 102 Å². The molecule has 1 heterocycles. The lowest BCUT2D eigenvalue weighted by Gasteiger charge is -2.38. The number of rotatable bonds is 36. The number of allylic oxidation sites excluding steroid dienone is 2. The molecule has 0 aromatic carbocycles. The maximum absolute atomic E-state index is 12.7. The van der Waals surface area contributed by atoms with Crippen LogP contribution >= 0.6 is 0 Å². The van der Waals surface area contributed by atoms with Crippen LogP contribution in [-0.4, -0.2) is 73.5 Å². The third-order valence-electron chi connectivity index (χ3n) is 9.72. The van der Waals surface area contributed by atoms with E-state index in [-0.39, 0.29) is 30.6 Å². The highest BCUT2D eigenvalue weighted by atomic mass is 16.5. The SMILES string of the molecule is CCCCCC/C=C\COC(=O)CCCCCCCC(CCCCCCCC(=O)OC/C=C\CCCCCC)OC(=O)CCCN1CC(CO)C1. The van der Waals surface area contributed by atoms with E-state index >= 15 is 0 Å². The van der Waals surface area contributed by atoms with E-state index in [4.69, 9.17) is 14.2 Å². The van der Waals surface area contributed by atoms with Crippen LogP contribution in [0.4, 0.5) is 0 Å². The van der Waals surface area contributed by atoms with Crippen molar-refractivity contribution in [1.29, 1.82) is 0 Å². The number of aliphatic hydroxyl groups excluding tert-OH is 1. The number of ether oxygens (including phenoxy) is 3. The average Bonchev–Trinajstić information content (AvgIpc) is 3.10. The molecule has 0 amide bonds. The molecule has 0 radical (unpaired) electrons. The monoisotopic (exact) mass is 720 g/mol. The van der Waals surface area contributed by atoms with E-state index in [0.29, 0.717) is 38.4 Å². The molecule has 0 saturated carbocycles. The lowest BCUT2D eigenvalue weighted by Crippen LogP contribution is -2.48. The quantitative estimate of drug-likeness (QED) is 0.0295. The molecular formula is C43H77NO7. The molecule has 51 heavy (non-hydrogen) atoms. The van der Waals surface area contributed by atoms with Gasteiger partial charge in [0, 0.05) is 44.9 Å². The van der Waals surface area contributed by atoms with Crippen molar-refractivity contribution in [3.63, 3.8) is 0 Å². The summed E-state index contributed by atoms with van der Waals surface area (Å²) >= 11 is 0. The Bertz CT molecular complexity index is 847. The molecule has 0 aromatic heterocycles. The number of unbranched alkanes of at least 4 members (excludes halogenated alkanes) is 16. The number of aliphatic hydroxyl groups is 1. The summed E-state index contributed by atoms with van der Waals surface area (Å²) in [5.41, 5.74) is 0. The van der Waals surface area contributed by atoms with Crippen molar-refractivity contribution in [2.45, 2.75) is 187 Å². The normalized spacial score (nSPS) is 13.7. The Balaban J connectivity index is 2.21. The molecule has 0 atom stereocenters. The van der Waals surface area contributed by atoms with Crippen LogP contribution in [-0.2, 0) is 28.6 Å². The Hall–Kier alpha value is -2.19. The van der Waals surface area contributed by atoms with E-state index in [9.17, 15) is 19.5 Å². The second-order valence-corrected chi connectivity index (χ2v) is 14.6. The summed E-state index contributed by atoms with van der Waals surface area (Å²) in [4.78, 5) is 39.0. The van der Waals surface area contributed by atoms with Crippen molar-refractivity contribution in [2.75, 3.05) is 39.5 Å². The highest BCUT2D eigenvalue weighted by Gasteiger charge is 2.25. The molecule has 296 valence electrons. The number of hydrogen-bond acceptors (Lipinski definition) is 8. The van der Waals surface area contributed by atoms with Crippen LogP contribution in [0.25, 0.3) is 0 Å². The van der Waals surface area contributed by atoms with Crippen molar-refractivity contribution >= 4 is 17.9 Å². The van der Waals surface area contributed by atoms with Crippen molar-refractivity contribution in [3.05, 3.63) is 24.3 Å². The molecule has 0 aliphatic carbocycles. The van der Waals surface area contributed by atoms with Gasteiger partial charge in [0.05, 0.1) is 0 Å². The van der Waals surface area contributed by atoms with Gasteiger partial charge >= 0.3 is 17.9 Å². The molecule has 1 saturated heterocycles. The molecule has 8 nitrogen and oxygen atoms in total. The Labute approximate surface area is 312 Å². The molecule has 1 aliphatic rings. The first-order valence-corrected chi connectivity index (χ1v) is 21.1. The van der Waals surface area contributed by atoms with E-state index in [0.717, 1.165) is 116 Å². The van der Waals surface area contributed by atoms with Gasteiger partial charge in [0.25, 0.3) is 0 Å². The minimum atomic E-state index is -0.115. The van der Waals surface area contributed by atoms with Crippen LogP contribution in [0.3, 0.4) is 0 Å². The summed E-state index contributed by atoms with van der Waals surface area (Å²) in [5, 5.41) is 9.22. The Kier molecular flexibility index (Phi) is 32.0. The van der Waals surface area contributed by atoms with E-state index < -0.39 is 0 Å². The second-order valence-electron chi connectivity index (χ2n) is 14.6. The Morgan fingerprint density at radius 1 is 0.588 bits per heavy atom. The van der Waals surface area contributed by atoms with Crippen molar-refractivity contribution in [3.8, 4) is 0 Å². The highest BCUT2D eigenvalue weighted by Crippen LogP contribution is 2.19. The van der Waals surface area contributed by atoms with Gasteiger partial charge in [-0.25, -0.2) is 0 Å². The molecule has 8 heteroatoms. The zero-order chi connectivity index (χ0) is 37.0. The lowest BCUT2D eigenvalue weighted by atomic mass is 10.0. The van der Waals surface area contributed by atoms with Gasteiger partial charge in [-0.15, -0.1) is 0 Å². The molecule has 0 aromatic rings. The minimum Gasteiger partial charge on any atom is -0.462 e. The van der Waals surface area contributed by atoms with Crippen LogP contribution < -0.4 is 0 Å². The number of esters is 3. The predicted molar refractivity (Wildman–Crippen MR) is 208 cm³/mol. The van der Waals surface area contributed by atoms with Crippen molar-refractivity contribution < 1.29 is 33.7 Å². The average molecular weight is 720 g/mol. The molecule has 0 bridgehead atoms. The predicted octanol–water partition coefficient (Wildman–Crippen LogP) is 10.2. The van der Waals surface area contributed by atoms with E-state index in [2.05, 4.69) is 30.9 Å². The third-order valence-corrected chi connectivity index (χ3v) is 9.72. The molecule has 0 spiro atoms. The maximum atomic E-state index is 12.7. The number of carbonyl (C=O) groups excluding carboxylic acids is 3. The van der Waals surface area contributed by atoms with Crippen molar-refractivity contribution in [2.24, 2.45) is 5.92 Å². The van der Waals surface area contributed by atoms with Gasteiger partial charge < -0.3 is 24.2 Å². The first-order valence-electron chi connectivity index (χ1n) is 21.1. The molecule has 1 N–H and O–H groups in total. The van der Waals surface area contributed by atoms with Crippen LogP contribution in [0.5, 0.6) is 0 Å². The first kappa shape index (κ1) is 46.8. The molecule has 0 unspecified atom stereocenters. The number of nitrogens with zero attached hydrogens (tertiary/aromatic N) is 1. The summed E-state index contributed by atoms with van der Waals surface area (Å²) in [5.74, 6) is 0.0550. The minimum absolute atomic E-state index is 0.0513. The van der Waals surface area contributed by atoms with Gasteiger partial charge in [0.1, 0.15) is 19.3 Å². The van der Waals surface area contributed by atoms with E-state index in [1.54, 1.807) is 0 Å². The summed E-state index contributed by atoms with van der Waals surface area (Å²) in [6.45, 7) is 8.14. The maximum Gasteiger partial charge on any atom is 0.306 e. The molecular weight excluding hydrogens is 642 g/mol. The van der Waals surface area contributed by atoms with Crippen molar-refractivity contribution in [1.82, 2.24) is 4.90 Å². The van der Waals surface area contributed by atoms with Gasteiger partial charge in [-0.2, -0.15) is 0 Å². The third kappa shape index (κ3) is 30.0. The fourth-order valence-electron chi connectivity index (χ4n) is 6.45. The number of hydrogen-bond donors (Lipinski definition) is 1. The largest absolute Gasteiger partial charge is 0.462 e. The second kappa shape index (κ2) is 34.9.